The summed E-state index contributed by atoms with van der Waals surface area (Å²) in [5.41, 5.74) is 1.02. The molecular weight excluding hydrogens is 385 g/mol. The Hall–Kier alpha value is -3.04. The molecule has 0 atom stereocenters. The average Bonchev–Trinajstić information content (AvgIpc) is 2.70. The van der Waals surface area contributed by atoms with Gasteiger partial charge in [-0.2, -0.15) is 5.10 Å². The maximum absolute atomic E-state index is 12.9. The molecule has 1 N–H and O–H groups in total. The standard InChI is InChI=1S/C19H18FN3O4S/c1-27-16-6-2-14(3-7-16)18-10-11-19(24)23(22-18)13-12-21-28(25,26)17-8-4-15(20)5-9-17/h2-11,21H,12-13H2,1H3. The Morgan fingerprint density at radius 2 is 1.71 bits per heavy atom. The number of hydrogen-bond acceptors (Lipinski definition) is 5. The van der Waals surface area contributed by atoms with Gasteiger partial charge in [0, 0.05) is 18.2 Å². The summed E-state index contributed by atoms with van der Waals surface area (Å²) in [4.78, 5) is 12.0. The number of nitrogens with one attached hydrogen (secondary N) is 1. The third kappa shape index (κ3) is 4.62. The van der Waals surface area contributed by atoms with Crippen LogP contribution < -0.4 is 15.0 Å². The Bertz CT molecular complexity index is 1110. The minimum Gasteiger partial charge on any atom is -0.497 e. The summed E-state index contributed by atoms with van der Waals surface area (Å²) in [5, 5.41) is 4.28. The van der Waals surface area contributed by atoms with Crippen LogP contribution in [0, 0.1) is 5.82 Å². The molecule has 28 heavy (non-hydrogen) atoms. The maximum Gasteiger partial charge on any atom is 0.266 e. The van der Waals surface area contributed by atoms with Gasteiger partial charge in [-0.25, -0.2) is 22.2 Å². The zero-order chi connectivity index (χ0) is 20.1. The van der Waals surface area contributed by atoms with E-state index >= 15 is 0 Å². The Kier molecular flexibility index (Phi) is 5.86. The number of halogens is 1. The smallest absolute Gasteiger partial charge is 0.266 e. The minimum atomic E-state index is -3.80. The van der Waals surface area contributed by atoms with Crippen molar-refractivity contribution in [1.29, 1.82) is 0 Å². The van der Waals surface area contributed by atoms with Gasteiger partial charge in [0.05, 0.1) is 24.2 Å². The van der Waals surface area contributed by atoms with Crippen molar-refractivity contribution in [2.45, 2.75) is 11.4 Å². The molecule has 2 aromatic carbocycles. The molecule has 0 spiro atoms. The van der Waals surface area contributed by atoms with Gasteiger partial charge < -0.3 is 4.74 Å². The van der Waals surface area contributed by atoms with Crippen molar-refractivity contribution in [3.05, 3.63) is 76.8 Å². The predicted octanol–water partition coefficient (Wildman–Crippen LogP) is 2.04. The number of ether oxygens (including phenoxy) is 1. The number of aromatic nitrogens is 2. The lowest BCUT2D eigenvalue weighted by atomic mass is 10.1. The molecule has 0 aliphatic carbocycles. The first-order chi connectivity index (χ1) is 13.4. The largest absolute Gasteiger partial charge is 0.497 e. The summed E-state index contributed by atoms with van der Waals surface area (Å²) in [6, 6.07) is 14.6. The Balaban J connectivity index is 1.72. The van der Waals surface area contributed by atoms with Gasteiger partial charge in [-0.3, -0.25) is 4.79 Å². The van der Waals surface area contributed by atoms with E-state index in [0.29, 0.717) is 11.4 Å². The van der Waals surface area contributed by atoms with Gasteiger partial charge in [0.1, 0.15) is 11.6 Å². The summed E-state index contributed by atoms with van der Waals surface area (Å²) >= 11 is 0. The van der Waals surface area contributed by atoms with Crippen molar-refractivity contribution in [1.82, 2.24) is 14.5 Å². The van der Waals surface area contributed by atoms with E-state index < -0.39 is 15.8 Å². The second kappa shape index (κ2) is 8.32. The molecular formula is C19H18FN3O4S. The van der Waals surface area contributed by atoms with Crippen LogP contribution in [0.15, 0.2) is 70.4 Å². The van der Waals surface area contributed by atoms with Crippen LogP contribution in [0.1, 0.15) is 0 Å². The van der Waals surface area contributed by atoms with E-state index in [4.69, 9.17) is 4.74 Å². The molecule has 1 heterocycles. The molecule has 1 aromatic heterocycles. The normalized spacial score (nSPS) is 11.4. The lowest BCUT2D eigenvalue weighted by Gasteiger charge is -2.09. The lowest BCUT2D eigenvalue weighted by molar-refractivity contribution is 0.415. The zero-order valence-electron chi connectivity index (χ0n) is 15.0. The Morgan fingerprint density at radius 3 is 2.36 bits per heavy atom. The first-order valence-corrected chi connectivity index (χ1v) is 9.85. The molecule has 146 valence electrons. The van der Waals surface area contributed by atoms with Gasteiger partial charge in [-0.15, -0.1) is 0 Å². The average molecular weight is 403 g/mol. The van der Waals surface area contributed by atoms with Crippen LogP contribution >= 0.6 is 0 Å². The fourth-order valence-electron chi connectivity index (χ4n) is 2.51. The van der Waals surface area contributed by atoms with Crippen LogP contribution in [0.5, 0.6) is 5.75 Å². The topological polar surface area (TPSA) is 90.3 Å². The number of rotatable bonds is 7. The summed E-state index contributed by atoms with van der Waals surface area (Å²) in [6.45, 7) is 0.00192. The summed E-state index contributed by atoms with van der Waals surface area (Å²) in [5.74, 6) is 0.178. The monoisotopic (exact) mass is 403 g/mol. The molecule has 0 amide bonds. The molecule has 0 bridgehead atoms. The number of hydrogen-bond donors (Lipinski definition) is 1. The molecule has 0 aliphatic rings. The van der Waals surface area contributed by atoms with Crippen molar-refractivity contribution >= 4 is 10.0 Å². The maximum atomic E-state index is 12.9. The van der Waals surface area contributed by atoms with Gasteiger partial charge in [0.2, 0.25) is 10.0 Å². The minimum absolute atomic E-state index is 0.0430. The van der Waals surface area contributed by atoms with E-state index in [1.54, 1.807) is 25.3 Å². The molecule has 3 rings (SSSR count). The number of sulfonamides is 1. The third-order valence-electron chi connectivity index (χ3n) is 3.99. The van der Waals surface area contributed by atoms with Crippen LogP contribution in [-0.4, -0.2) is 31.9 Å². The number of nitrogens with zero attached hydrogens (tertiary/aromatic N) is 2. The van der Waals surface area contributed by atoms with Crippen LogP contribution in [0.4, 0.5) is 4.39 Å². The highest BCUT2D eigenvalue weighted by Gasteiger charge is 2.13. The Morgan fingerprint density at radius 1 is 1.04 bits per heavy atom. The highest BCUT2D eigenvalue weighted by molar-refractivity contribution is 7.89. The summed E-state index contributed by atoms with van der Waals surface area (Å²) < 4.78 is 46.1. The lowest BCUT2D eigenvalue weighted by Crippen LogP contribution is -2.32. The molecule has 0 saturated heterocycles. The van der Waals surface area contributed by atoms with Crippen molar-refractivity contribution in [3.63, 3.8) is 0 Å². The van der Waals surface area contributed by atoms with Gasteiger partial charge >= 0.3 is 0 Å². The molecule has 0 fully saturated rings. The third-order valence-corrected chi connectivity index (χ3v) is 5.47. The first kappa shape index (κ1) is 19.7. The van der Waals surface area contributed by atoms with Crippen molar-refractivity contribution in [2.75, 3.05) is 13.7 Å². The molecule has 0 radical (unpaired) electrons. The van der Waals surface area contributed by atoms with E-state index in [0.717, 1.165) is 17.7 Å². The second-order valence-electron chi connectivity index (χ2n) is 5.86. The molecule has 0 unspecified atom stereocenters. The SMILES string of the molecule is COc1ccc(-c2ccc(=O)n(CCNS(=O)(=O)c3ccc(F)cc3)n2)cc1. The highest BCUT2D eigenvalue weighted by Crippen LogP contribution is 2.19. The van der Waals surface area contributed by atoms with Crippen molar-refractivity contribution < 1.29 is 17.5 Å². The van der Waals surface area contributed by atoms with Gasteiger partial charge in [-0.1, -0.05) is 0 Å². The number of methoxy groups -OCH3 is 1. The van der Waals surface area contributed by atoms with Gasteiger partial charge in [-0.05, 0) is 54.6 Å². The zero-order valence-corrected chi connectivity index (χ0v) is 15.8. The van der Waals surface area contributed by atoms with Crippen LogP contribution in [0.25, 0.3) is 11.3 Å². The molecule has 9 heteroatoms. The fraction of sp³-hybridized carbons (Fsp3) is 0.158. The first-order valence-electron chi connectivity index (χ1n) is 8.37. The van der Waals surface area contributed by atoms with Crippen LogP contribution in [0.3, 0.4) is 0 Å². The summed E-state index contributed by atoms with van der Waals surface area (Å²) in [7, 11) is -2.23. The second-order valence-corrected chi connectivity index (χ2v) is 7.63. The van der Waals surface area contributed by atoms with Crippen LogP contribution in [-0.2, 0) is 16.6 Å². The van der Waals surface area contributed by atoms with Gasteiger partial charge in [0.25, 0.3) is 5.56 Å². The van der Waals surface area contributed by atoms with Crippen LogP contribution in [0.2, 0.25) is 0 Å². The van der Waals surface area contributed by atoms with E-state index in [1.807, 2.05) is 12.1 Å². The van der Waals surface area contributed by atoms with Gasteiger partial charge in [0.15, 0.2) is 0 Å². The predicted molar refractivity (Wildman–Crippen MR) is 102 cm³/mol. The fourth-order valence-corrected chi connectivity index (χ4v) is 3.53. The molecule has 0 aliphatic heterocycles. The van der Waals surface area contributed by atoms with E-state index in [2.05, 4.69) is 9.82 Å². The Labute approximate surface area is 161 Å². The quantitative estimate of drug-likeness (QED) is 0.652. The van der Waals surface area contributed by atoms with E-state index in [1.165, 1.54) is 22.9 Å². The van der Waals surface area contributed by atoms with E-state index in [9.17, 15) is 17.6 Å². The molecule has 7 nitrogen and oxygen atoms in total. The number of benzene rings is 2. The van der Waals surface area contributed by atoms with Crippen molar-refractivity contribution in [3.8, 4) is 17.0 Å². The van der Waals surface area contributed by atoms with Crippen molar-refractivity contribution in [2.24, 2.45) is 0 Å². The molecule has 3 aromatic rings. The van der Waals surface area contributed by atoms with E-state index in [-0.39, 0.29) is 23.5 Å². The highest BCUT2D eigenvalue weighted by atomic mass is 32.2. The summed E-state index contributed by atoms with van der Waals surface area (Å²) in [6.07, 6.45) is 0. The molecule has 0 saturated carbocycles.